The molecule has 1 aliphatic heterocycles. The monoisotopic (exact) mass is 296 g/mol. The lowest BCUT2D eigenvalue weighted by atomic mass is 10.0. The molecule has 1 fully saturated rings. The first-order valence-electron chi connectivity index (χ1n) is 5.84. The van der Waals surface area contributed by atoms with Gasteiger partial charge in [0.1, 0.15) is 0 Å². The molecule has 1 unspecified atom stereocenters. The summed E-state index contributed by atoms with van der Waals surface area (Å²) in [5.74, 6) is 0.508. The molecule has 3 nitrogen and oxygen atoms in total. The normalized spacial score (nSPS) is 20.4. The predicted octanol–water partition coefficient (Wildman–Crippen LogP) is 2.64. The summed E-state index contributed by atoms with van der Waals surface area (Å²) in [6, 6.07) is 6.01. The van der Waals surface area contributed by atoms with Crippen LogP contribution in [-0.4, -0.2) is 18.5 Å². The number of carbonyl (C=O) groups is 1. The van der Waals surface area contributed by atoms with Crippen LogP contribution in [0.3, 0.4) is 0 Å². The Balaban J connectivity index is 2.41. The van der Waals surface area contributed by atoms with Crippen LogP contribution in [0.15, 0.2) is 22.7 Å². The van der Waals surface area contributed by atoms with Crippen molar-refractivity contribution < 1.29 is 4.79 Å². The molecule has 0 aliphatic carbocycles. The van der Waals surface area contributed by atoms with Crippen molar-refractivity contribution in [3.63, 3.8) is 0 Å². The SMILES string of the molecule is CC(C)c1cc(Br)ccc1N1CC(N)CC1=O. The van der Waals surface area contributed by atoms with Gasteiger partial charge >= 0.3 is 0 Å². The number of carbonyl (C=O) groups excluding carboxylic acids is 1. The topological polar surface area (TPSA) is 46.3 Å². The maximum absolute atomic E-state index is 11.9. The fourth-order valence-corrected chi connectivity index (χ4v) is 2.58. The van der Waals surface area contributed by atoms with Gasteiger partial charge in [0, 0.05) is 29.2 Å². The smallest absolute Gasteiger partial charge is 0.228 e. The Hall–Kier alpha value is -0.870. The highest BCUT2D eigenvalue weighted by atomic mass is 79.9. The lowest BCUT2D eigenvalue weighted by Gasteiger charge is -2.22. The highest BCUT2D eigenvalue weighted by Gasteiger charge is 2.29. The lowest BCUT2D eigenvalue weighted by Crippen LogP contribution is -2.28. The van der Waals surface area contributed by atoms with Gasteiger partial charge in [-0.05, 0) is 29.7 Å². The summed E-state index contributed by atoms with van der Waals surface area (Å²) in [6.45, 7) is 4.89. The van der Waals surface area contributed by atoms with Crippen molar-refractivity contribution in [2.45, 2.75) is 32.2 Å². The zero-order valence-electron chi connectivity index (χ0n) is 10.1. The number of rotatable bonds is 2. The van der Waals surface area contributed by atoms with Crippen LogP contribution >= 0.6 is 15.9 Å². The summed E-state index contributed by atoms with van der Waals surface area (Å²) in [4.78, 5) is 13.7. The highest BCUT2D eigenvalue weighted by molar-refractivity contribution is 9.10. The third-order valence-electron chi connectivity index (χ3n) is 3.06. The third-order valence-corrected chi connectivity index (χ3v) is 3.55. The molecule has 0 bridgehead atoms. The van der Waals surface area contributed by atoms with Gasteiger partial charge in [-0.3, -0.25) is 4.79 Å². The van der Waals surface area contributed by atoms with Gasteiger partial charge in [-0.15, -0.1) is 0 Å². The van der Waals surface area contributed by atoms with Gasteiger partial charge in [0.05, 0.1) is 0 Å². The Kier molecular flexibility index (Phi) is 3.54. The van der Waals surface area contributed by atoms with Crippen molar-refractivity contribution in [2.24, 2.45) is 5.73 Å². The van der Waals surface area contributed by atoms with Crippen LogP contribution in [0.5, 0.6) is 0 Å². The molecule has 1 saturated heterocycles. The Morgan fingerprint density at radius 3 is 2.71 bits per heavy atom. The fourth-order valence-electron chi connectivity index (χ4n) is 2.20. The van der Waals surface area contributed by atoms with Gasteiger partial charge in [-0.2, -0.15) is 0 Å². The summed E-state index contributed by atoms with van der Waals surface area (Å²) in [5.41, 5.74) is 8.02. The zero-order valence-corrected chi connectivity index (χ0v) is 11.7. The molecule has 2 rings (SSSR count). The molecule has 1 aromatic carbocycles. The number of hydrogen-bond acceptors (Lipinski definition) is 2. The van der Waals surface area contributed by atoms with Crippen LogP contribution in [0, 0.1) is 0 Å². The first kappa shape index (κ1) is 12.6. The summed E-state index contributed by atoms with van der Waals surface area (Å²) in [7, 11) is 0. The van der Waals surface area contributed by atoms with Crippen molar-refractivity contribution in [3.05, 3.63) is 28.2 Å². The molecular formula is C13H17BrN2O. The molecular weight excluding hydrogens is 280 g/mol. The van der Waals surface area contributed by atoms with Gasteiger partial charge in [-0.25, -0.2) is 0 Å². The lowest BCUT2D eigenvalue weighted by molar-refractivity contribution is -0.117. The second-order valence-corrected chi connectivity index (χ2v) is 5.74. The standard InChI is InChI=1S/C13H17BrN2O/c1-8(2)11-5-9(14)3-4-12(11)16-7-10(15)6-13(16)17/h3-5,8,10H,6-7,15H2,1-2H3. The fraction of sp³-hybridized carbons (Fsp3) is 0.462. The second-order valence-electron chi connectivity index (χ2n) is 4.83. The van der Waals surface area contributed by atoms with E-state index in [1.54, 1.807) is 0 Å². The van der Waals surface area contributed by atoms with E-state index >= 15 is 0 Å². The van der Waals surface area contributed by atoms with Gasteiger partial charge in [0.2, 0.25) is 5.91 Å². The van der Waals surface area contributed by atoms with Crippen molar-refractivity contribution in [1.82, 2.24) is 0 Å². The summed E-state index contributed by atoms with van der Waals surface area (Å²) in [6.07, 6.45) is 0.452. The van der Waals surface area contributed by atoms with Gasteiger partial charge in [0.25, 0.3) is 0 Å². The van der Waals surface area contributed by atoms with Crippen LogP contribution < -0.4 is 10.6 Å². The van der Waals surface area contributed by atoms with Crippen molar-refractivity contribution in [2.75, 3.05) is 11.4 Å². The molecule has 1 amide bonds. The summed E-state index contributed by atoms with van der Waals surface area (Å²) < 4.78 is 1.04. The first-order chi connectivity index (χ1) is 7.99. The van der Waals surface area contributed by atoms with Crippen LogP contribution in [-0.2, 0) is 4.79 Å². The molecule has 17 heavy (non-hydrogen) atoms. The van der Waals surface area contributed by atoms with E-state index in [2.05, 4.69) is 35.8 Å². The van der Waals surface area contributed by atoms with Crippen LogP contribution in [0.1, 0.15) is 31.7 Å². The Bertz CT molecular complexity index is 445. The number of nitrogens with zero attached hydrogens (tertiary/aromatic N) is 1. The van der Waals surface area contributed by atoms with Crippen LogP contribution in [0.4, 0.5) is 5.69 Å². The number of hydrogen-bond donors (Lipinski definition) is 1. The Morgan fingerprint density at radius 1 is 1.47 bits per heavy atom. The molecule has 2 N–H and O–H groups in total. The molecule has 0 radical (unpaired) electrons. The summed E-state index contributed by atoms with van der Waals surface area (Å²) >= 11 is 3.47. The van der Waals surface area contributed by atoms with E-state index in [1.807, 2.05) is 17.0 Å². The minimum Gasteiger partial charge on any atom is -0.326 e. The highest BCUT2D eigenvalue weighted by Crippen LogP contribution is 2.32. The van der Waals surface area contributed by atoms with E-state index in [0.29, 0.717) is 18.9 Å². The molecule has 92 valence electrons. The van der Waals surface area contributed by atoms with Crippen LogP contribution in [0.2, 0.25) is 0 Å². The minimum absolute atomic E-state index is 0.0360. The van der Waals surface area contributed by atoms with Gasteiger partial charge in [-0.1, -0.05) is 29.8 Å². The average molecular weight is 297 g/mol. The molecule has 1 aliphatic rings. The average Bonchev–Trinajstić information content (AvgIpc) is 2.57. The molecule has 0 spiro atoms. The number of nitrogens with two attached hydrogens (primary N) is 1. The van der Waals surface area contributed by atoms with E-state index in [-0.39, 0.29) is 11.9 Å². The largest absolute Gasteiger partial charge is 0.326 e. The molecule has 1 atom stereocenters. The molecule has 1 aromatic rings. The van der Waals surface area contributed by atoms with E-state index in [9.17, 15) is 4.79 Å². The maximum Gasteiger partial charge on any atom is 0.228 e. The van der Waals surface area contributed by atoms with E-state index in [1.165, 1.54) is 5.56 Å². The van der Waals surface area contributed by atoms with Gasteiger partial charge < -0.3 is 10.6 Å². The molecule has 0 aromatic heterocycles. The third kappa shape index (κ3) is 2.53. The van der Waals surface area contributed by atoms with Crippen LogP contribution in [0.25, 0.3) is 0 Å². The Labute approximate surface area is 110 Å². The summed E-state index contributed by atoms with van der Waals surface area (Å²) in [5, 5.41) is 0. The predicted molar refractivity (Wildman–Crippen MR) is 73.2 cm³/mol. The van der Waals surface area contributed by atoms with Crippen molar-refractivity contribution in [3.8, 4) is 0 Å². The molecule has 0 saturated carbocycles. The second kappa shape index (κ2) is 4.78. The minimum atomic E-state index is -0.0360. The molecule has 1 heterocycles. The number of amides is 1. The maximum atomic E-state index is 11.9. The van der Waals surface area contributed by atoms with Gasteiger partial charge in [0.15, 0.2) is 0 Å². The quantitative estimate of drug-likeness (QED) is 0.912. The number of benzene rings is 1. The van der Waals surface area contributed by atoms with E-state index < -0.39 is 0 Å². The Morgan fingerprint density at radius 2 is 2.18 bits per heavy atom. The first-order valence-corrected chi connectivity index (χ1v) is 6.63. The van der Waals surface area contributed by atoms with Crippen molar-refractivity contribution >= 4 is 27.5 Å². The molecule has 4 heteroatoms. The van der Waals surface area contributed by atoms with E-state index in [0.717, 1.165) is 10.2 Å². The zero-order chi connectivity index (χ0) is 12.6. The van der Waals surface area contributed by atoms with E-state index in [4.69, 9.17) is 5.73 Å². The number of halogens is 1. The van der Waals surface area contributed by atoms with Crippen molar-refractivity contribution in [1.29, 1.82) is 0 Å². The number of anilines is 1.